The summed E-state index contributed by atoms with van der Waals surface area (Å²) in [6, 6.07) is 4.38. The van der Waals surface area contributed by atoms with Gasteiger partial charge in [0.2, 0.25) is 0 Å². The predicted octanol–water partition coefficient (Wildman–Crippen LogP) is 2.16. The van der Waals surface area contributed by atoms with Gasteiger partial charge < -0.3 is 9.32 Å². The topological polar surface area (TPSA) is 36.7 Å². The molecule has 0 saturated carbocycles. The van der Waals surface area contributed by atoms with Crippen molar-refractivity contribution >= 4 is 11.7 Å². The van der Waals surface area contributed by atoms with E-state index >= 15 is 0 Å². The highest BCUT2D eigenvalue weighted by Gasteiger charge is 2.29. The lowest BCUT2D eigenvalue weighted by Gasteiger charge is -2.25. The third kappa shape index (κ3) is 2.17. The largest absolute Gasteiger partial charge is 0.437 e. The summed E-state index contributed by atoms with van der Waals surface area (Å²) in [5.41, 5.74) is 0. The Morgan fingerprint density at radius 3 is 2.89 bits per heavy atom. The van der Waals surface area contributed by atoms with Crippen molar-refractivity contribution in [1.29, 1.82) is 0 Å². The van der Waals surface area contributed by atoms with E-state index in [1.165, 1.54) is 32.4 Å². The second kappa shape index (κ2) is 4.76. The zero-order valence-corrected chi connectivity index (χ0v) is 10.9. The van der Waals surface area contributed by atoms with Crippen LogP contribution in [0.15, 0.2) is 16.5 Å². The van der Waals surface area contributed by atoms with Crippen molar-refractivity contribution in [3.05, 3.63) is 17.9 Å². The van der Waals surface area contributed by atoms with Crippen molar-refractivity contribution < 1.29 is 9.21 Å². The molecule has 0 amide bonds. The first kappa shape index (κ1) is 11.8. The van der Waals surface area contributed by atoms with Gasteiger partial charge in [0.05, 0.1) is 0 Å². The first-order valence-electron chi connectivity index (χ1n) is 6.84. The van der Waals surface area contributed by atoms with E-state index in [4.69, 9.17) is 4.42 Å². The molecule has 1 aromatic heterocycles. The van der Waals surface area contributed by atoms with Crippen LogP contribution in [0.3, 0.4) is 0 Å². The summed E-state index contributed by atoms with van der Waals surface area (Å²) in [6.45, 7) is 6.04. The lowest BCUT2D eigenvalue weighted by atomic mass is 10.2. The highest BCUT2D eigenvalue weighted by molar-refractivity contribution is 5.91. The molecule has 1 aromatic rings. The Morgan fingerprint density at radius 2 is 2.11 bits per heavy atom. The summed E-state index contributed by atoms with van der Waals surface area (Å²) in [7, 11) is 0. The van der Waals surface area contributed by atoms with Gasteiger partial charge in [-0.3, -0.25) is 9.69 Å². The van der Waals surface area contributed by atoms with Gasteiger partial charge >= 0.3 is 0 Å². The van der Waals surface area contributed by atoms with Crippen molar-refractivity contribution in [1.82, 2.24) is 4.90 Å². The fraction of sp³-hybridized carbons (Fsp3) is 0.643. The van der Waals surface area contributed by atoms with Gasteiger partial charge in [-0.05, 0) is 31.9 Å². The van der Waals surface area contributed by atoms with Crippen LogP contribution in [0.25, 0.3) is 0 Å². The van der Waals surface area contributed by atoms with Crippen LogP contribution < -0.4 is 4.90 Å². The maximum absolute atomic E-state index is 11.3. The molecule has 3 heterocycles. The van der Waals surface area contributed by atoms with E-state index in [2.05, 4.69) is 9.80 Å². The minimum Gasteiger partial charge on any atom is -0.437 e. The minimum atomic E-state index is -0.00133. The first-order chi connectivity index (χ1) is 8.74. The third-order valence-corrected chi connectivity index (χ3v) is 4.05. The molecule has 0 aromatic carbocycles. The standard InChI is InChI=1S/C14H20N2O2/c1-11(17)13-5-6-14(18-13)16-9-3-8-15-7-2-4-12(15)10-16/h5-6,12H,2-4,7-10H2,1H3. The highest BCUT2D eigenvalue weighted by Crippen LogP contribution is 2.26. The molecule has 0 spiro atoms. The fourth-order valence-corrected chi connectivity index (χ4v) is 3.09. The van der Waals surface area contributed by atoms with E-state index in [0.29, 0.717) is 11.8 Å². The number of hydrogen-bond acceptors (Lipinski definition) is 4. The molecule has 4 nitrogen and oxygen atoms in total. The maximum Gasteiger partial charge on any atom is 0.196 e. The van der Waals surface area contributed by atoms with Crippen LogP contribution in [0.4, 0.5) is 5.88 Å². The van der Waals surface area contributed by atoms with Gasteiger partial charge in [-0.1, -0.05) is 0 Å². The van der Waals surface area contributed by atoms with E-state index in [-0.39, 0.29) is 5.78 Å². The summed E-state index contributed by atoms with van der Waals surface area (Å²) >= 11 is 0. The zero-order chi connectivity index (χ0) is 12.5. The van der Waals surface area contributed by atoms with Gasteiger partial charge in [0, 0.05) is 38.7 Å². The van der Waals surface area contributed by atoms with Crippen molar-refractivity contribution in [2.45, 2.75) is 32.2 Å². The Labute approximate surface area is 108 Å². The Balaban J connectivity index is 1.76. The Hall–Kier alpha value is -1.29. The number of hydrogen-bond donors (Lipinski definition) is 0. The molecule has 18 heavy (non-hydrogen) atoms. The molecule has 98 valence electrons. The van der Waals surface area contributed by atoms with Crippen molar-refractivity contribution in [3.8, 4) is 0 Å². The molecular formula is C14H20N2O2. The summed E-state index contributed by atoms with van der Waals surface area (Å²) in [4.78, 5) is 16.2. The van der Waals surface area contributed by atoms with Crippen LogP contribution >= 0.6 is 0 Å². The molecule has 0 bridgehead atoms. The number of rotatable bonds is 2. The third-order valence-electron chi connectivity index (χ3n) is 4.05. The van der Waals surface area contributed by atoms with Crippen LogP contribution in [0.2, 0.25) is 0 Å². The Kier molecular flexibility index (Phi) is 3.12. The molecule has 2 fully saturated rings. The van der Waals surface area contributed by atoms with Crippen LogP contribution in [0.5, 0.6) is 0 Å². The van der Waals surface area contributed by atoms with E-state index < -0.39 is 0 Å². The monoisotopic (exact) mass is 248 g/mol. The van der Waals surface area contributed by atoms with E-state index in [0.717, 1.165) is 19.0 Å². The van der Waals surface area contributed by atoms with Crippen LogP contribution in [0.1, 0.15) is 36.7 Å². The second-order valence-electron chi connectivity index (χ2n) is 5.33. The summed E-state index contributed by atoms with van der Waals surface area (Å²) in [5, 5.41) is 0. The molecule has 4 heteroatoms. The Bertz CT molecular complexity index is 441. The zero-order valence-electron chi connectivity index (χ0n) is 10.9. The normalized spacial score (nSPS) is 24.9. The predicted molar refractivity (Wildman–Crippen MR) is 70.1 cm³/mol. The quantitative estimate of drug-likeness (QED) is 0.752. The molecule has 1 atom stereocenters. The minimum absolute atomic E-state index is 0.00133. The van der Waals surface area contributed by atoms with Crippen molar-refractivity contribution in [2.75, 3.05) is 31.1 Å². The van der Waals surface area contributed by atoms with Gasteiger partial charge in [0.25, 0.3) is 0 Å². The Morgan fingerprint density at radius 1 is 1.28 bits per heavy atom. The number of carbonyl (C=O) groups excluding carboxylic acids is 1. The maximum atomic E-state index is 11.3. The SMILES string of the molecule is CC(=O)c1ccc(N2CCCN3CCCC3C2)o1. The summed E-state index contributed by atoms with van der Waals surface area (Å²) < 4.78 is 5.65. The van der Waals surface area contributed by atoms with Crippen LogP contribution in [-0.2, 0) is 0 Å². The number of ketones is 1. The fourth-order valence-electron chi connectivity index (χ4n) is 3.09. The number of furan rings is 1. The molecule has 0 aliphatic carbocycles. The van der Waals surface area contributed by atoms with E-state index in [1.54, 1.807) is 13.0 Å². The van der Waals surface area contributed by atoms with Crippen molar-refractivity contribution in [2.24, 2.45) is 0 Å². The molecule has 2 aliphatic heterocycles. The molecular weight excluding hydrogens is 228 g/mol. The summed E-state index contributed by atoms with van der Waals surface area (Å²) in [5.74, 6) is 1.32. The molecule has 0 N–H and O–H groups in total. The van der Waals surface area contributed by atoms with E-state index in [9.17, 15) is 4.79 Å². The lowest BCUT2D eigenvalue weighted by molar-refractivity contribution is 0.0987. The number of nitrogens with zero attached hydrogens (tertiary/aromatic N) is 2. The summed E-state index contributed by atoms with van der Waals surface area (Å²) in [6.07, 6.45) is 3.78. The molecule has 3 rings (SSSR count). The number of anilines is 1. The molecule has 0 radical (unpaired) electrons. The number of fused-ring (bicyclic) bond motifs is 1. The van der Waals surface area contributed by atoms with Gasteiger partial charge in [0.1, 0.15) is 0 Å². The van der Waals surface area contributed by atoms with Gasteiger partial charge in [-0.15, -0.1) is 0 Å². The van der Waals surface area contributed by atoms with Crippen molar-refractivity contribution in [3.63, 3.8) is 0 Å². The van der Waals surface area contributed by atoms with E-state index in [1.807, 2.05) is 6.07 Å². The first-order valence-corrected chi connectivity index (χ1v) is 6.84. The number of Topliss-reactive ketones (excluding diaryl/α,β-unsaturated/α-hetero) is 1. The second-order valence-corrected chi connectivity index (χ2v) is 5.33. The number of carbonyl (C=O) groups is 1. The molecule has 1 unspecified atom stereocenters. The molecule has 2 aliphatic rings. The molecule has 2 saturated heterocycles. The smallest absolute Gasteiger partial charge is 0.196 e. The van der Waals surface area contributed by atoms with Gasteiger partial charge in [-0.25, -0.2) is 0 Å². The lowest BCUT2D eigenvalue weighted by Crippen LogP contribution is -2.36. The van der Waals surface area contributed by atoms with Gasteiger partial charge in [0.15, 0.2) is 17.4 Å². The van der Waals surface area contributed by atoms with Gasteiger partial charge in [-0.2, -0.15) is 0 Å². The average molecular weight is 248 g/mol. The van der Waals surface area contributed by atoms with Crippen LogP contribution in [-0.4, -0.2) is 42.9 Å². The average Bonchev–Trinajstić information content (AvgIpc) is 2.95. The van der Waals surface area contributed by atoms with Crippen LogP contribution in [0, 0.1) is 0 Å². The highest BCUT2D eigenvalue weighted by atomic mass is 16.4.